The maximum atomic E-state index is 13.6. The molecule has 2 bridgehead atoms. The number of fused-ring (bicyclic) bond motifs is 3. The second-order valence-corrected chi connectivity index (χ2v) is 11.0. The van der Waals surface area contributed by atoms with Gasteiger partial charge in [0.2, 0.25) is 5.91 Å². The Hall–Kier alpha value is -2.68. The third-order valence-corrected chi connectivity index (χ3v) is 8.59. The lowest BCUT2D eigenvalue weighted by molar-refractivity contribution is -0.138. The van der Waals surface area contributed by atoms with E-state index in [1.165, 1.54) is 12.1 Å². The monoisotopic (exact) mass is 530 g/mol. The number of hydrogen-bond acceptors (Lipinski definition) is 5. The third-order valence-electron chi connectivity index (χ3n) is 8.28. The maximum Gasteiger partial charge on any atom is 0.258 e. The molecule has 1 heterocycles. The molecule has 2 aromatic carbocycles. The summed E-state index contributed by atoms with van der Waals surface area (Å²) in [5, 5.41) is 17.2. The zero-order valence-electron chi connectivity index (χ0n) is 20.7. The first kappa shape index (κ1) is 25.9. The summed E-state index contributed by atoms with van der Waals surface area (Å²) in [5.41, 5.74) is -0.190. The normalized spacial score (nSPS) is 32.6. The molecule has 37 heavy (non-hydrogen) atoms. The van der Waals surface area contributed by atoms with Crippen molar-refractivity contribution in [2.24, 2.45) is 5.92 Å². The van der Waals surface area contributed by atoms with E-state index in [1.54, 1.807) is 0 Å². The number of halogens is 2. The first-order chi connectivity index (χ1) is 17.7. The van der Waals surface area contributed by atoms with Crippen LogP contribution in [0.15, 0.2) is 48.5 Å². The molecule has 4 atom stereocenters. The molecule has 2 amide bonds. The molecule has 3 saturated carbocycles. The third kappa shape index (κ3) is 5.33. The number of carbonyl (C=O) groups excluding carboxylic acids is 2. The molecule has 1 aliphatic heterocycles. The summed E-state index contributed by atoms with van der Waals surface area (Å²) in [6.07, 6.45) is 2.26. The Balaban J connectivity index is 1.15. The molecule has 3 N–H and O–H groups in total. The quantitative estimate of drug-likeness (QED) is 0.501. The Morgan fingerprint density at radius 2 is 1.86 bits per heavy atom. The maximum absolute atomic E-state index is 13.6. The van der Waals surface area contributed by atoms with Crippen LogP contribution in [0.3, 0.4) is 0 Å². The number of benzene rings is 2. The van der Waals surface area contributed by atoms with Gasteiger partial charge in [-0.3, -0.25) is 9.59 Å². The van der Waals surface area contributed by atoms with Gasteiger partial charge in [-0.2, -0.15) is 0 Å². The number of amides is 2. The Labute approximate surface area is 220 Å². The van der Waals surface area contributed by atoms with E-state index in [2.05, 4.69) is 10.6 Å². The molecule has 9 heteroatoms. The van der Waals surface area contributed by atoms with E-state index in [1.807, 2.05) is 37.3 Å². The Kier molecular flexibility index (Phi) is 7.18. The number of ether oxygens (including phenoxy) is 2. The average molecular weight is 531 g/mol. The van der Waals surface area contributed by atoms with Crippen LogP contribution < -0.4 is 15.4 Å². The molecule has 4 aliphatic rings. The zero-order chi connectivity index (χ0) is 26.2. The summed E-state index contributed by atoms with van der Waals surface area (Å²) in [5.74, 6) is -1.12. The minimum absolute atomic E-state index is 0.0234. The van der Waals surface area contributed by atoms with Crippen LogP contribution in [0.4, 0.5) is 4.39 Å². The number of carbonyl (C=O) groups is 2. The number of aliphatic hydroxyl groups is 1. The highest BCUT2D eigenvalue weighted by Crippen LogP contribution is 2.47. The summed E-state index contributed by atoms with van der Waals surface area (Å²) >= 11 is 5.68. The highest BCUT2D eigenvalue weighted by Gasteiger charge is 2.56. The van der Waals surface area contributed by atoms with Gasteiger partial charge in [-0.15, -0.1) is 0 Å². The molecule has 6 rings (SSSR count). The summed E-state index contributed by atoms with van der Waals surface area (Å²) in [7, 11) is 0. The van der Waals surface area contributed by atoms with Crippen LogP contribution in [0.25, 0.3) is 0 Å². The molecule has 7 nitrogen and oxygen atoms in total. The second-order valence-electron chi connectivity index (χ2n) is 10.6. The van der Waals surface area contributed by atoms with E-state index in [-0.39, 0.29) is 41.4 Å². The fraction of sp³-hybridized carbons (Fsp3) is 0.500. The molecule has 3 unspecified atom stereocenters. The van der Waals surface area contributed by atoms with Crippen LogP contribution in [0, 0.1) is 11.7 Å². The largest absolute Gasteiger partial charge is 0.484 e. The predicted octanol–water partition coefficient (Wildman–Crippen LogP) is 4.07. The fourth-order valence-corrected chi connectivity index (χ4v) is 6.20. The topological polar surface area (TPSA) is 96.9 Å². The van der Waals surface area contributed by atoms with Gasteiger partial charge in [0.05, 0.1) is 34.8 Å². The van der Waals surface area contributed by atoms with Gasteiger partial charge in [0.15, 0.2) is 6.61 Å². The molecule has 0 aromatic heterocycles. The number of rotatable bonds is 7. The Morgan fingerprint density at radius 1 is 1.14 bits per heavy atom. The molecule has 2 aromatic rings. The molecule has 0 spiro atoms. The highest BCUT2D eigenvalue weighted by molar-refractivity contribution is 6.30. The Bertz CT molecular complexity index is 1150. The number of nitrogens with one attached hydrogen (secondary N) is 2. The van der Waals surface area contributed by atoms with E-state index in [0.29, 0.717) is 38.5 Å². The lowest BCUT2D eigenvalue weighted by atomic mass is 9.59. The van der Waals surface area contributed by atoms with Gasteiger partial charge in [-0.25, -0.2) is 4.39 Å². The van der Waals surface area contributed by atoms with Crippen molar-refractivity contribution in [3.63, 3.8) is 0 Å². The predicted molar refractivity (Wildman–Crippen MR) is 136 cm³/mol. The lowest BCUT2D eigenvalue weighted by Crippen LogP contribution is -2.70. The smallest absolute Gasteiger partial charge is 0.258 e. The second kappa shape index (κ2) is 10.2. The molecule has 198 valence electrons. The van der Waals surface area contributed by atoms with Crippen LogP contribution in [0.2, 0.25) is 5.02 Å². The van der Waals surface area contributed by atoms with Gasteiger partial charge in [0, 0.05) is 11.6 Å². The van der Waals surface area contributed by atoms with Crippen molar-refractivity contribution in [1.29, 1.82) is 0 Å². The first-order valence-corrected chi connectivity index (χ1v) is 13.2. The van der Waals surface area contributed by atoms with Crippen molar-refractivity contribution in [2.75, 3.05) is 6.61 Å². The standard InChI is InChI=1S/C28H32ClFN2O5/c1-17-20(14-23(37-17)18-5-3-2-4-6-18)26(35)32-27-9-11-28(12-10-27,24(33)15-27)31-25(34)16-36-19-7-8-21(29)22(30)13-19/h2-8,13,17,20,23-24,33H,9-12,14-16H2,1H3,(H,31,34)(H,32,35)/t17?,20?,23?,24-,27?,28?/m0/s1. The van der Waals surface area contributed by atoms with Crippen molar-refractivity contribution in [3.8, 4) is 5.75 Å². The van der Waals surface area contributed by atoms with Gasteiger partial charge >= 0.3 is 0 Å². The van der Waals surface area contributed by atoms with Crippen LogP contribution in [0.5, 0.6) is 5.75 Å². The molecule has 3 aliphatic carbocycles. The molecular formula is C28H32ClFN2O5. The van der Waals surface area contributed by atoms with Crippen molar-refractivity contribution in [3.05, 3.63) is 64.9 Å². The van der Waals surface area contributed by atoms with Crippen LogP contribution in [-0.4, -0.2) is 46.8 Å². The summed E-state index contributed by atoms with van der Waals surface area (Å²) in [6, 6.07) is 13.9. The van der Waals surface area contributed by atoms with Crippen LogP contribution in [-0.2, 0) is 14.3 Å². The van der Waals surface area contributed by atoms with E-state index >= 15 is 0 Å². The van der Waals surface area contributed by atoms with Gasteiger partial charge in [0.25, 0.3) is 5.91 Å². The van der Waals surface area contributed by atoms with Crippen LogP contribution >= 0.6 is 11.6 Å². The summed E-state index contributed by atoms with van der Waals surface area (Å²) < 4.78 is 25.1. The van der Waals surface area contributed by atoms with Gasteiger partial charge < -0.3 is 25.2 Å². The average Bonchev–Trinajstić information content (AvgIpc) is 3.28. The van der Waals surface area contributed by atoms with Crippen LogP contribution in [0.1, 0.15) is 57.1 Å². The molecule has 4 fully saturated rings. The van der Waals surface area contributed by atoms with Gasteiger partial charge in [-0.05, 0) is 63.1 Å². The zero-order valence-corrected chi connectivity index (χ0v) is 21.5. The van der Waals surface area contributed by atoms with Crippen molar-refractivity contribution in [2.45, 2.75) is 74.8 Å². The molecule has 0 radical (unpaired) electrons. The minimum atomic E-state index is -0.804. The molecular weight excluding hydrogens is 499 g/mol. The Morgan fingerprint density at radius 3 is 2.54 bits per heavy atom. The van der Waals surface area contributed by atoms with Crippen molar-refractivity contribution < 1.29 is 28.6 Å². The van der Waals surface area contributed by atoms with E-state index in [0.717, 1.165) is 11.6 Å². The van der Waals surface area contributed by atoms with Crippen molar-refractivity contribution >= 4 is 23.4 Å². The first-order valence-electron chi connectivity index (χ1n) is 12.8. The number of aliphatic hydroxyl groups excluding tert-OH is 1. The molecule has 1 saturated heterocycles. The van der Waals surface area contributed by atoms with Gasteiger partial charge in [0.1, 0.15) is 11.6 Å². The van der Waals surface area contributed by atoms with Gasteiger partial charge in [-0.1, -0.05) is 41.9 Å². The number of hydrogen-bond donors (Lipinski definition) is 3. The summed E-state index contributed by atoms with van der Waals surface area (Å²) in [4.78, 5) is 25.9. The highest BCUT2D eigenvalue weighted by atomic mass is 35.5. The summed E-state index contributed by atoms with van der Waals surface area (Å²) in [6.45, 7) is 1.63. The lowest BCUT2D eigenvalue weighted by Gasteiger charge is -2.56. The SMILES string of the molecule is CC1OC(c2ccccc2)CC1C(=O)NC12CCC(NC(=O)COc3ccc(Cl)c(F)c3)(CC1)[C@@H](O)C2. The fourth-order valence-electron chi connectivity index (χ4n) is 6.08. The van der Waals surface area contributed by atoms with E-state index < -0.39 is 28.9 Å². The van der Waals surface area contributed by atoms with Crippen molar-refractivity contribution in [1.82, 2.24) is 10.6 Å². The minimum Gasteiger partial charge on any atom is -0.484 e. The van der Waals surface area contributed by atoms with E-state index in [4.69, 9.17) is 21.1 Å². The van der Waals surface area contributed by atoms with E-state index in [9.17, 15) is 19.1 Å².